The normalized spacial score (nSPS) is 23.6. The van der Waals surface area contributed by atoms with Crippen molar-refractivity contribution in [2.75, 3.05) is 59.0 Å². The van der Waals surface area contributed by atoms with Crippen LogP contribution in [0, 0.1) is 5.92 Å². The van der Waals surface area contributed by atoms with Crippen LogP contribution >= 0.6 is 0 Å². The Bertz CT molecular complexity index is 358. The fourth-order valence-corrected chi connectivity index (χ4v) is 2.71. The van der Waals surface area contributed by atoms with Crippen molar-refractivity contribution in [3.8, 4) is 0 Å². The molecule has 0 aromatic rings. The third-order valence-corrected chi connectivity index (χ3v) is 4.06. The van der Waals surface area contributed by atoms with Gasteiger partial charge in [-0.3, -0.25) is 14.5 Å². The standard InChI is InChI=1S/C14H26N4O3/c15-2-1-3-16-14(20)12-10-13(19)18(11-12)5-4-17-6-8-21-9-7-17/h12H,1-11,15H2,(H,16,20). The molecule has 3 N–H and O–H groups in total. The van der Waals surface area contributed by atoms with Gasteiger partial charge in [-0.15, -0.1) is 0 Å². The molecule has 0 aromatic heterocycles. The number of morpholine rings is 1. The molecule has 120 valence electrons. The molecule has 2 saturated heterocycles. The summed E-state index contributed by atoms with van der Waals surface area (Å²) in [6.45, 7) is 6.62. The van der Waals surface area contributed by atoms with Crippen molar-refractivity contribution in [1.29, 1.82) is 0 Å². The smallest absolute Gasteiger partial charge is 0.225 e. The van der Waals surface area contributed by atoms with E-state index in [2.05, 4.69) is 10.2 Å². The number of likely N-dealkylation sites (tertiary alicyclic amines) is 1. The van der Waals surface area contributed by atoms with Crippen LogP contribution in [0.2, 0.25) is 0 Å². The number of carbonyl (C=O) groups is 2. The van der Waals surface area contributed by atoms with Crippen LogP contribution in [-0.4, -0.2) is 80.6 Å². The minimum atomic E-state index is -0.208. The first-order valence-electron chi connectivity index (χ1n) is 7.76. The molecule has 1 unspecified atom stereocenters. The molecule has 2 aliphatic rings. The Morgan fingerprint density at radius 3 is 2.81 bits per heavy atom. The van der Waals surface area contributed by atoms with E-state index in [1.54, 1.807) is 0 Å². The number of hydrogen-bond donors (Lipinski definition) is 2. The Morgan fingerprint density at radius 2 is 2.10 bits per heavy atom. The van der Waals surface area contributed by atoms with Gasteiger partial charge < -0.3 is 20.7 Å². The molecule has 2 rings (SSSR count). The van der Waals surface area contributed by atoms with Gasteiger partial charge in [0.1, 0.15) is 0 Å². The molecule has 0 bridgehead atoms. The molecule has 0 spiro atoms. The third kappa shape index (κ3) is 4.94. The number of ether oxygens (including phenoxy) is 1. The highest BCUT2D eigenvalue weighted by molar-refractivity contribution is 5.89. The maximum absolute atomic E-state index is 12.0. The van der Waals surface area contributed by atoms with Gasteiger partial charge in [-0.05, 0) is 13.0 Å². The van der Waals surface area contributed by atoms with E-state index in [0.717, 1.165) is 39.3 Å². The lowest BCUT2D eigenvalue weighted by atomic mass is 10.1. The van der Waals surface area contributed by atoms with Gasteiger partial charge in [0.2, 0.25) is 11.8 Å². The third-order valence-electron chi connectivity index (χ3n) is 4.06. The highest BCUT2D eigenvalue weighted by atomic mass is 16.5. The predicted octanol–water partition coefficient (Wildman–Crippen LogP) is -1.37. The minimum absolute atomic E-state index is 0.0225. The molecule has 0 saturated carbocycles. The zero-order valence-corrected chi connectivity index (χ0v) is 12.6. The summed E-state index contributed by atoms with van der Waals surface area (Å²) in [7, 11) is 0. The van der Waals surface area contributed by atoms with E-state index in [1.807, 2.05) is 4.90 Å². The fourth-order valence-electron chi connectivity index (χ4n) is 2.71. The zero-order valence-electron chi connectivity index (χ0n) is 12.6. The number of nitrogens with one attached hydrogen (secondary N) is 1. The van der Waals surface area contributed by atoms with Crippen molar-refractivity contribution in [3.63, 3.8) is 0 Å². The first-order valence-corrected chi connectivity index (χ1v) is 7.76. The summed E-state index contributed by atoms with van der Waals surface area (Å²) >= 11 is 0. The van der Waals surface area contributed by atoms with Crippen molar-refractivity contribution in [2.24, 2.45) is 11.7 Å². The van der Waals surface area contributed by atoms with E-state index in [-0.39, 0.29) is 17.7 Å². The Balaban J connectivity index is 1.70. The number of nitrogens with zero attached hydrogens (tertiary/aromatic N) is 2. The SMILES string of the molecule is NCCCNC(=O)C1CC(=O)N(CCN2CCOCC2)C1. The first kappa shape index (κ1) is 16.2. The number of carbonyl (C=O) groups excluding carboxylic acids is 2. The molecule has 0 aromatic carbocycles. The Labute approximate surface area is 125 Å². The van der Waals surface area contributed by atoms with Gasteiger partial charge in [0.15, 0.2) is 0 Å². The van der Waals surface area contributed by atoms with Crippen molar-refractivity contribution in [1.82, 2.24) is 15.1 Å². The quantitative estimate of drug-likeness (QED) is 0.566. The van der Waals surface area contributed by atoms with Gasteiger partial charge in [0.25, 0.3) is 0 Å². The lowest BCUT2D eigenvalue weighted by molar-refractivity contribution is -0.129. The molecular weight excluding hydrogens is 272 g/mol. The highest BCUT2D eigenvalue weighted by Gasteiger charge is 2.34. The molecule has 21 heavy (non-hydrogen) atoms. The molecule has 2 amide bonds. The molecular formula is C14H26N4O3. The molecule has 2 aliphatic heterocycles. The van der Waals surface area contributed by atoms with Gasteiger partial charge >= 0.3 is 0 Å². The van der Waals surface area contributed by atoms with Crippen molar-refractivity contribution >= 4 is 11.8 Å². The van der Waals surface area contributed by atoms with Crippen molar-refractivity contribution in [2.45, 2.75) is 12.8 Å². The summed E-state index contributed by atoms with van der Waals surface area (Å²) in [5, 5.41) is 2.85. The summed E-state index contributed by atoms with van der Waals surface area (Å²) in [6.07, 6.45) is 1.10. The molecule has 7 nitrogen and oxygen atoms in total. The monoisotopic (exact) mass is 298 g/mol. The van der Waals surface area contributed by atoms with Crippen LogP contribution in [0.25, 0.3) is 0 Å². The second-order valence-electron chi connectivity index (χ2n) is 5.63. The van der Waals surface area contributed by atoms with E-state index in [1.165, 1.54) is 0 Å². The topological polar surface area (TPSA) is 87.9 Å². The Hall–Kier alpha value is -1.18. The van der Waals surface area contributed by atoms with Crippen LogP contribution in [0.4, 0.5) is 0 Å². The van der Waals surface area contributed by atoms with Crippen LogP contribution in [0.1, 0.15) is 12.8 Å². The molecule has 0 aliphatic carbocycles. The summed E-state index contributed by atoms with van der Waals surface area (Å²) in [5.74, 6) is -0.145. The second-order valence-corrected chi connectivity index (χ2v) is 5.63. The zero-order chi connectivity index (χ0) is 15.1. The van der Waals surface area contributed by atoms with E-state index < -0.39 is 0 Å². The van der Waals surface area contributed by atoms with Gasteiger partial charge in [0, 0.05) is 45.7 Å². The fraction of sp³-hybridized carbons (Fsp3) is 0.857. The number of nitrogens with two attached hydrogens (primary N) is 1. The second kappa shape index (κ2) is 8.31. The van der Waals surface area contributed by atoms with Crippen LogP contribution in [-0.2, 0) is 14.3 Å². The number of rotatable bonds is 7. The maximum Gasteiger partial charge on any atom is 0.225 e. The van der Waals surface area contributed by atoms with Crippen LogP contribution in [0.5, 0.6) is 0 Å². The average molecular weight is 298 g/mol. The Kier molecular flexibility index (Phi) is 6.41. The van der Waals surface area contributed by atoms with Crippen LogP contribution < -0.4 is 11.1 Å². The Morgan fingerprint density at radius 1 is 1.33 bits per heavy atom. The van der Waals surface area contributed by atoms with Gasteiger partial charge in [-0.2, -0.15) is 0 Å². The number of amides is 2. The van der Waals surface area contributed by atoms with E-state index in [4.69, 9.17) is 10.5 Å². The van der Waals surface area contributed by atoms with Gasteiger partial charge in [-0.25, -0.2) is 0 Å². The van der Waals surface area contributed by atoms with E-state index in [9.17, 15) is 9.59 Å². The van der Waals surface area contributed by atoms with Crippen molar-refractivity contribution in [3.05, 3.63) is 0 Å². The summed E-state index contributed by atoms with van der Waals surface area (Å²) in [6, 6.07) is 0. The molecule has 0 radical (unpaired) electrons. The number of hydrogen-bond acceptors (Lipinski definition) is 5. The van der Waals surface area contributed by atoms with Gasteiger partial charge in [-0.1, -0.05) is 0 Å². The maximum atomic E-state index is 12.0. The molecule has 2 heterocycles. The predicted molar refractivity (Wildman–Crippen MR) is 78.6 cm³/mol. The summed E-state index contributed by atoms with van der Waals surface area (Å²) in [5.41, 5.74) is 5.40. The highest BCUT2D eigenvalue weighted by Crippen LogP contribution is 2.17. The van der Waals surface area contributed by atoms with Crippen LogP contribution in [0.3, 0.4) is 0 Å². The summed E-state index contributed by atoms with van der Waals surface area (Å²) in [4.78, 5) is 28.0. The summed E-state index contributed by atoms with van der Waals surface area (Å²) < 4.78 is 5.30. The molecule has 2 fully saturated rings. The minimum Gasteiger partial charge on any atom is -0.379 e. The lowest BCUT2D eigenvalue weighted by Crippen LogP contribution is -2.42. The molecule has 7 heteroatoms. The van der Waals surface area contributed by atoms with Crippen LogP contribution in [0.15, 0.2) is 0 Å². The van der Waals surface area contributed by atoms with Gasteiger partial charge in [0.05, 0.1) is 19.1 Å². The largest absolute Gasteiger partial charge is 0.379 e. The average Bonchev–Trinajstić information content (AvgIpc) is 2.88. The first-order chi connectivity index (χ1) is 10.2. The lowest BCUT2D eigenvalue weighted by Gasteiger charge is -2.28. The van der Waals surface area contributed by atoms with E-state index >= 15 is 0 Å². The van der Waals surface area contributed by atoms with E-state index in [0.29, 0.717) is 32.6 Å². The van der Waals surface area contributed by atoms with Crippen molar-refractivity contribution < 1.29 is 14.3 Å². The molecule has 1 atom stereocenters.